The van der Waals surface area contributed by atoms with Crippen molar-refractivity contribution >= 4 is 21.6 Å². The number of para-hydroxylation sites is 1. The predicted octanol–water partition coefficient (Wildman–Crippen LogP) is 3.75. The van der Waals surface area contributed by atoms with Crippen LogP contribution in [0.25, 0.3) is 0 Å². The van der Waals surface area contributed by atoms with Crippen LogP contribution in [-0.2, 0) is 6.54 Å². The lowest BCUT2D eigenvalue weighted by molar-refractivity contribution is -0.384. The minimum absolute atomic E-state index is 0.0313. The first-order valence-corrected chi connectivity index (χ1v) is 6.41. The van der Waals surface area contributed by atoms with Crippen molar-refractivity contribution in [1.29, 1.82) is 0 Å². The fourth-order valence-corrected chi connectivity index (χ4v) is 1.95. The first-order valence-electron chi connectivity index (χ1n) is 5.62. The van der Waals surface area contributed by atoms with Gasteiger partial charge in [0.25, 0.3) is 5.69 Å². The fraction of sp³-hybridized carbons (Fsp3) is 0.0769. The lowest BCUT2D eigenvalue weighted by Crippen LogP contribution is -2.01. The maximum atomic E-state index is 13.8. The van der Waals surface area contributed by atoms with Crippen molar-refractivity contribution in [3.05, 3.63) is 62.4 Å². The van der Waals surface area contributed by atoms with Crippen molar-refractivity contribution < 1.29 is 14.1 Å². The highest BCUT2D eigenvalue weighted by Crippen LogP contribution is 2.35. The van der Waals surface area contributed by atoms with Crippen LogP contribution >= 0.6 is 15.9 Å². The van der Waals surface area contributed by atoms with Crippen molar-refractivity contribution in [2.45, 2.75) is 6.54 Å². The molecule has 20 heavy (non-hydrogen) atoms. The Morgan fingerprint density at radius 3 is 2.75 bits per heavy atom. The fourth-order valence-electron chi connectivity index (χ4n) is 1.62. The zero-order valence-corrected chi connectivity index (χ0v) is 11.8. The van der Waals surface area contributed by atoms with Crippen molar-refractivity contribution in [2.75, 3.05) is 0 Å². The molecule has 0 saturated heterocycles. The van der Waals surface area contributed by atoms with Crippen molar-refractivity contribution in [1.82, 2.24) is 0 Å². The molecule has 0 aliphatic carbocycles. The summed E-state index contributed by atoms with van der Waals surface area (Å²) in [6, 6.07) is 8.39. The number of hydrogen-bond acceptors (Lipinski definition) is 4. The number of nitrogens with two attached hydrogens (primary N) is 1. The third kappa shape index (κ3) is 2.94. The smallest absolute Gasteiger partial charge is 0.273 e. The Morgan fingerprint density at radius 1 is 1.35 bits per heavy atom. The quantitative estimate of drug-likeness (QED) is 0.679. The molecule has 5 nitrogen and oxygen atoms in total. The maximum Gasteiger partial charge on any atom is 0.273 e. The zero-order valence-electron chi connectivity index (χ0n) is 10.2. The molecule has 0 radical (unpaired) electrons. The van der Waals surface area contributed by atoms with Crippen LogP contribution in [0.1, 0.15) is 5.56 Å². The standard InChI is InChI=1S/C13H10BrFN2O3/c14-10-5-4-9(17(18)19)6-12(10)20-13-8(7-16)2-1-3-11(13)15/h1-6H,7,16H2. The second kappa shape index (κ2) is 5.98. The van der Waals surface area contributed by atoms with E-state index >= 15 is 0 Å². The molecule has 2 aromatic carbocycles. The molecule has 0 saturated carbocycles. The van der Waals surface area contributed by atoms with Gasteiger partial charge in [0.15, 0.2) is 11.6 Å². The Morgan fingerprint density at radius 2 is 2.10 bits per heavy atom. The molecular formula is C13H10BrFN2O3. The average Bonchev–Trinajstić information content (AvgIpc) is 2.42. The summed E-state index contributed by atoms with van der Waals surface area (Å²) in [5, 5.41) is 10.7. The van der Waals surface area contributed by atoms with Crippen molar-refractivity contribution in [2.24, 2.45) is 5.73 Å². The molecule has 0 aliphatic heterocycles. The molecule has 0 atom stereocenters. The number of non-ortho nitro benzene ring substituents is 1. The van der Waals surface area contributed by atoms with Crippen LogP contribution in [0, 0.1) is 15.9 Å². The highest BCUT2D eigenvalue weighted by Gasteiger charge is 2.15. The Balaban J connectivity index is 2.44. The zero-order chi connectivity index (χ0) is 14.7. The highest BCUT2D eigenvalue weighted by molar-refractivity contribution is 9.10. The SMILES string of the molecule is NCc1cccc(F)c1Oc1cc([N+](=O)[O-])ccc1Br. The van der Waals surface area contributed by atoms with Gasteiger partial charge < -0.3 is 10.5 Å². The van der Waals surface area contributed by atoms with Gasteiger partial charge in [0.2, 0.25) is 0 Å². The van der Waals surface area contributed by atoms with E-state index in [2.05, 4.69) is 15.9 Å². The monoisotopic (exact) mass is 340 g/mol. The highest BCUT2D eigenvalue weighted by atomic mass is 79.9. The van der Waals surface area contributed by atoms with E-state index < -0.39 is 10.7 Å². The molecule has 0 fully saturated rings. The predicted molar refractivity (Wildman–Crippen MR) is 75.2 cm³/mol. The summed E-state index contributed by atoms with van der Waals surface area (Å²) < 4.78 is 19.7. The van der Waals surface area contributed by atoms with E-state index in [0.717, 1.165) is 0 Å². The third-order valence-corrected chi connectivity index (χ3v) is 3.26. The van der Waals surface area contributed by atoms with Crippen LogP contribution in [0.15, 0.2) is 40.9 Å². The van der Waals surface area contributed by atoms with E-state index in [1.165, 1.54) is 30.3 Å². The summed E-state index contributed by atoms with van der Waals surface area (Å²) in [5.74, 6) is -0.457. The van der Waals surface area contributed by atoms with E-state index in [-0.39, 0.29) is 23.7 Å². The summed E-state index contributed by atoms with van der Waals surface area (Å²) >= 11 is 3.21. The third-order valence-electron chi connectivity index (χ3n) is 2.61. The number of hydrogen-bond donors (Lipinski definition) is 1. The Bertz CT molecular complexity index is 664. The number of halogens is 2. The minimum Gasteiger partial charge on any atom is -0.452 e. The van der Waals surface area contributed by atoms with Gasteiger partial charge in [-0.2, -0.15) is 0 Å². The summed E-state index contributed by atoms with van der Waals surface area (Å²) in [7, 11) is 0. The Hall–Kier alpha value is -1.99. The summed E-state index contributed by atoms with van der Waals surface area (Å²) in [6.45, 7) is 0.0969. The van der Waals surface area contributed by atoms with E-state index in [1.54, 1.807) is 6.07 Å². The van der Waals surface area contributed by atoms with Crippen molar-refractivity contribution in [3.63, 3.8) is 0 Å². The number of nitro benzene ring substituents is 1. The molecule has 0 bridgehead atoms. The molecule has 7 heteroatoms. The molecule has 2 rings (SSSR count). The summed E-state index contributed by atoms with van der Waals surface area (Å²) in [4.78, 5) is 10.2. The van der Waals surface area contributed by atoms with E-state index in [1.807, 2.05) is 0 Å². The van der Waals surface area contributed by atoms with Gasteiger partial charge in [0, 0.05) is 18.2 Å². The molecule has 0 spiro atoms. The lowest BCUT2D eigenvalue weighted by Gasteiger charge is -2.12. The van der Waals surface area contributed by atoms with Gasteiger partial charge in [-0.15, -0.1) is 0 Å². The van der Waals surface area contributed by atoms with Crippen LogP contribution in [0.3, 0.4) is 0 Å². The molecular weight excluding hydrogens is 331 g/mol. The Kier molecular flexibility index (Phi) is 4.31. The lowest BCUT2D eigenvalue weighted by atomic mass is 10.2. The van der Waals surface area contributed by atoms with Gasteiger partial charge in [-0.1, -0.05) is 12.1 Å². The minimum atomic E-state index is -0.577. The van der Waals surface area contributed by atoms with Crippen LogP contribution in [0.4, 0.5) is 10.1 Å². The van der Waals surface area contributed by atoms with Gasteiger partial charge in [-0.05, 0) is 28.1 Å². The van der Waals surface area contributed by atoms with Gasteiger partial charge in [0.1, 0.15) is 5.75 Å². The number of ether oxygens (including phenoxy) is 1. The van der Waals surface area contributed by atoms with Crippen molar-refractivity contribution in [3.8, 4) is 11.5 Å². The summed E-state index contributed by atoms with van der Waals surface area (Å²) in [6.07, 6.45) is 0. The second-order valence-electron chi connectivity index (χ2n) is 3.91. The number of rotatable bonds is 4. The largest absolute Gasteiger partial charge is 0.452 e. The molecule has 104 valence electrons. The first kappa shape index (κ1) is 14.4. The van der Waals surface area contributed by atoms with Gasteiger partial charge in [0.05, 0.1) is 15.5 Å². The van der Waals surface area contributed by atoms with Gasteiger partial charge in [-0.25, -0.2) is 4.39 Å². The molecule has 0 amide bonds. The van der Waals surface area contributed by atoms with Gasteiger partial charge >= 0.3 is 0 Å². The van der Waals surface area contributed by atoms with Crippen LogP contribution in [0.2, 0.25) is 0 Å². The molecule has 2 aromatic rings. The second-order valence-corrected chi connectivity index (χ2v) is 4.76. The molecule has 0 heterocycles. The van der Waals surface area contributed by atoms with Crippen LogP contribution in [-0.4, -0.2) is 4.92 Å². The molecule has 0 unspecified atom stereocenters. The van der Waals surface area contributed by atoms with Gasteiger partial charge in [-0.3, -0.25) is 10.1 Å². The van der Waals surface area contributed by atoms with Crippen LogP contribution in [0.5, 0.6) is 11.5 Å². The average molecular weight is 341 g/mol. The topological polar surface area (TPSA) is 78.4 Å². The normalized spacial score (nSPS) is 10.3. The van der Waals surface area contributed by atoms with E-state index in [9.17, 15) is 14.5 Å². The van der Waals surface area contributed by atoms with E-state index in [0.29, 0.717) is 10.0 Å². The maximum absolute atomic E-state index is 13.8. The number of nitrogens with zero attached hydrogens (tertiary/aromatic N) is 1. The molecule has 0 aliphatic rings. The summed E-state index contributed by atoms with van der Waals surface area (Å²) in [5.41, 5.74) is 5.85. The number of benzene rings is 2. The molecule has 2 N–H and O–H groups in total. The molecule has 0 aromatic heterocycles. The van der Waals surface area contributed by atoms with Crippen LogP contribution < -0.4 is 10.5 Å². The number of nitro groups is 1. The van der Waals surface area contributed by atoms with E-state index in [4.69, 9.17) is 10.5 Å². The first-order chi connectivity index (χ1) is 9.52. The Labute approximate surface area is 122 Å².